The Morgan fingerprint density at radius 2 is 2.13 bits per heavy atom. The number of rotatable bonds is 4. The van der Waals surface area contributed by atoms with Crippen LogP contribution in [0.15, 0.2) is 30.3 Å². The third kappa shape index (κ3) is 4.22. The Hall–Kier alpha value is -1.20. The average Bonchev–Trinajstić information content (AvgIpc) is 2.27. The first-order valence-corrected chi connectivity index (χ1v) is 5.49. The monoisotopic (exact) mass is 226 g/mol. The Morgan fingerprint density at radius 1 is 1.47 bits per heavy atom. The Morgan fingerprint density at radius 3 is 2.73 bits per heavy atom. The van der Waals surface area contributed by atoms with Crippen LogP contribution in [0, 0.1) is 0 Å². The van der Waals surface area contributed by atoms with E-state index < -0.39 is 0 Å². The molecule has 0 saturated heterocycles. The van der Waals surface area contributed by atoms with E-state index in [0.717, 1.165) is 0 Å². The fraction of sp³-hybridized carbons (Fsp3) is 0.300. The van der Waals surface area contributed by atoms with Gasteiger partial charge in [0, 0.05) is 7.05 Å². The van der Waals surface area contributed by atoms with Crippen LogP contribution in [-0.2, 0) is 0 Å². The Kier molecular flexibility index (Phi) is 5.00. The molecule has 1 aromatic rings. The summed E-state index contributed by atoms with van der Waals surface area (Å²) < 4.78 is 8.00. The van der Waals surface area contributed by atoms with Crippen molar-refractivity contribution in [3.8, 4) is 5.75 Å². The SMILES string of the molecule is CNSCN(C)C(=O)Oc1ccccc1. The van der Waals surface area contributed by atoms with Crippen molar-refractivity contribution in [2.45, 2.75) is 0 Å². The van der Waals surface area contributed by atoms with Crippen LogP contribution >= 0.6 is 11.9 Å². The van der Waals surface area contributed by atoms with Crippen molar-refractivity contribution < 1.29 is 9.53 Å². The summed E-state index contributed by atoms with van der Waals surface area (Å²) in [5.41, 5.74) is 0. The van der Waals surface area contributed by atoms with Gasteiger partial charge in [-0.05, 0) is 19.2 Å². The maximum atomic E-state index is 11.5. The van der Waals surface area contributed by atoms with Crippen molar-refractivity contribution in [2.75, 3.05) is 20.0 Å². The third-order valence-corrected chi connectivity index (χ3v) is 2.47. The summed E-state index contributed by atoms with van der Waals surface area (Å²) in [5, 5.41) is 0. The number of amides is 1. The van der Waals surface area contributed by atoms with Crippen LogP contribution in [0.5, 0.6) is 5.75 Å². The molecule has 0 aliphatic heterocycles. The fourth-order valence-electron chi connectivity index (χ4n) is 0.881. The van der Waals surface area contributed by atoms with Crippen LogP contribution in [0.25, 0.3) is 0 Å². The van der Waals surface area contributed by atoms with Gasteiger partial charge in [0.2, 0.25) is 0 Å². The van der Waals surface area contributed by atoms with E-state index in [2.05, 4.69) is 4.72 Å². The molecule has 1 amide bonds. The molecule has 0 aliphatic carbocycles. The normalized spacial score (nSPS) is 9.73. The van der Waals surface area contributed by atoms with Crippen LogP contribution in [0.2, 0.25) is 0 Å². The smallest absolute Gasteiger partial charge is 0.410 e. The van der Waals surface area contributed by atoms with Gasteiger partial charge in [-0.3, -0.25) is 4.72 Å². The van der Waals surface area contributed by atoms with Gasteiger partial charge in [-0.15, -0.1) is 0 Å². The van der Waals surface area contributed by atoms with E-state index in [-0.39, 0.29) is 6.09 Å². The molecule has 0 bridgehead atoms. The Bertz CT molecular complexity index is 306. The molecule has 4 nitrogen and oxygen atoms in total. The van der Waals surface area contributed by atoms with Crippen molar-refractivity contribution in [3.63, 3.8) is 0 Å². The van der Waals surface area contributed by atoms with E-state index in [4.69, 9.17) is 4.74 Å². The molecular formula is C10H14N2O2S. The summed E-state index contributed by atoms with van der Waals surface area (Å²) in [6.07, 6.45) is -0.357. The van der Waals surface area contributed by atoms with Crippen LogP contribution in [0.1, 0.15) is 0 Å². The molecule has 15 heavy (non-hydrogen) atoms. The maximum Gasteiger partial charge on any atom is 0.415 e. The molecule has 0 atom stereocenters. The van der Waals surface area contributed by atoms with Crippen LogP contribution in [0.3, 0.4) is 0 Å². The Balaban J connectivity index is 2.42. The lowest BCUT2D eigenvalue weighted by Gasteiger charge is -2.15. The molecular weight excluding hydrogens is 212 g/mol. The number of hydrogen-bond acceptors (Lipinski definition) is 4. The van der Waals surface area contributed by atoms with E-state index in [0.29, 0.717) is 11.6 Å². The number of ether oxygens (including phenoxy) is 1. The predicted octanol–water partition coefficient (Wildman–Crippen LogP) is 1.94. The molecule has 5 heteroatoms. The van der Waals surface area contributed by atoms with E-state index >= 15 is 0 Å². The van der Waals surface area contributed by atoms with Gasteiger partial charge in [0.1, 0.15) is 5.75 Å². The van der Waals surface area contributed by atoms with Gasteiger partial charge in [0.25, 0.3) is 0 Å². The molecule has 0 unspecified atom stereocenters. The van der Waals surface area contributed by atoms with Gasteiger partial charge in [-0.1, -0.05) is 30.1 Å². The second-order valence-electron chi connectivity index (χ2n) is 2.86. The summed E-state index contributed by atoms with van der Waals surface area (Å²) in [5.74, 6) is 1.10. The minimum absolute atomic E-state index is 0.357. The van der Waals surface area contributed by atoms with E-state index in [9.17, 15) is 4.79 Å². The summed E-state index contributed by atoms with van der Waals surface area (Å²) in [6.45, 7) is 0. The second-order valence-corrected chi connectivity index (χ2v) is 3.81. The van der Waals surface area contributed by atoms with Crippen LogP contribution < -0.4 is 9.46 Å². The quantitative estimate of drug-likeness (QED) is 0.629. The van der Waals surface area contributed by atoms with E-state index in [1.165, 1.54) is 16.8 Å². The zero-order chi connectivity index (χ0) is 11.1. The molecule has 1 rings (SSSR count). The fourth-order valence-corrected chi connectivity index (χ4v) is 1.31. The van der Waals surface area contributed by atoms with Crippen molar-refractivity contribution in [1.29, 1.82) is 0 Å². The highest BCUT2D eigenvalue weighted by atomic mass is 32.2. The van der Waals surface area contributed by atoms with Crippen molar-refractivity contribution in [3.05, 3.63) is 30.3 Å². The third-order valence-electron chi connectivity index (χ3n) is 1.66. The minimum Gasteiger partial charge on any atom is -0.410 e. The maximum absolute atomic E-state index is 11.5. The molecule has 0 aliphatic rings. The van der Waals surface area contributed by atoms with Crippen LogP contribution in [-0.4, -0.2) is 31.0 Å². The second kappa shape index (κ2) is 6.31. The lowest BCUT2D eigenvalue weighted by Crippen LogP contribution is -2.30. The largest absolute Gasteiger partial charge is 0.415 e. The van der Waals surface area contributed by atoms with Gasteiger partial charge >= 0.3 is 6.09 Å². The molecule has 82 valence electrons. The molecule has 0 aromatic heterocycles. The number of hydrogen-bond donors (Lipinski definition) is 1. The highest BCUT2D eigenvalue weighted by Gasteiger charge is 2.10. The first-order chi connectivity index (χ1) is 7.24. The molecule has 0 saturated carbocycles. The van der Waals surface area contributed by atoms with Gasteiger partial charge in [0.15, 0.2) is 0 Å². The number of nitrogens with zero attached hydrogens (tertiary/aromatic N) is 1. The lowest BCUT2D eigenvalue weighted by atomic mass is 10.3. The number of benzene rings is 1. The number of nitrogens with one attached hydrogen (secondary N) is 1. The zero-order valence-electron chi connectivity index (χ0n) is 8.77. The number of carbonyl (C=O) groups is 1. The van der Waals surface area contributed by atoms with E-state index in [1.807, 2.05) is 18.2 Å². The van der Waals surface area contributed by atoms with Crippen LogP contribution in [0.4, 0.5) is 4.79 Å². The predicted molar refractivity (Wildman–Crippen MR) is 61.7 cm³/mol. The molecule has 1 N–H and O–H groups in total. The topological polar surface area (TPSA) is 41.6 Å². The number of para-hydroxylation sites is 1. The highest BCUT2D eigenvalue weighted by molar-refractivity contribution is 7.97. The van der Waals surface area contributed by atoms with Gasteiger partial charge < -0.3 is 9.64 Å². The van der Waals surface area contributed by atoms with Gasteiger partial charge in [0.05, 0.1) is 5.88 Å². The molecule has 0 fully saturated rings. The Labute approximate surface area is 93.7 Å². The van der Waals surface area contributed by atoms with Gasteiger partial charge in [-0.2, -0.15) is 0 Å². The standard InChI is InChI=1S/C10H14N2O2S/c1-11-15-8-12(2)10(13)14-9-6-4-3-5-7-9/h3-7,11H,8H2,1-2H3. The highest BCUT2D eigenvalue weighted by Crippen LogP contribution is 2.10. The lowest BCUT2D eigenvalue weighted by molar-refractivity contribution is 0.170. The van der Waals surface area contributed by atoms with Crippen molar-refractivity contribution in [2.24, 2.45) is 0 Å². The van der Waals surface area contributed by atoms with Gasteiger partial charge in [-0.25, -0.2) is 4.79 Å². The zero-order valence-corrected chi connectivity index (χ0v) is 9.58. The molecule has 0 radical (unpaired) electrons. The first-order valence-electron chi connectivity index (χ1n) is 4.50. The molecule has 1 aromatic carbocycles. The van der Waals surface area contributed by atoms with Crippen molar-refractivity contribution in [1.82, 2.24) is 9.62 Å². The summed E-state index contributed by atoms with van der Waals surface area (Å²) in [4.78, 5) is 13.0. The van der Waals surface area contributed by atoms with E-state index in [1.54, 1.807) is 26.2 Å². The molecule has 0 heterocycles. The first kappa shape index (κ1) is 11.9. The molecule has 0 spiro atoms. The van der Waals surface area contributed by atoms with Crippen molar-refractivity contribution >= 4 is 18.0 Å². The summed E-state index contributed by atoms with van der Waals surface area (Å²) >= 11 is 1.43. The summed E-state index contributed by atoms with van der Waals surface area (Å²) in [6, 6.07) is 9.02. The average molecular weight is 226 g/mol. The summed E-state index contributed by atoms with van der Waals surface area (Å²) in [7, 11) is 3.50. The number of carbonyl (C=O) groups excluding carboxylic acids is 1. The minimum atomic E-state index is -0.357.